The Labute approximate surface area is 133 Å². The molecule has 0 aliphatic heterocycles. The average molecular weight is 318 g/mol. The summed E-state index contributed by atoms with van der Waals surface area (Å²) < 4.78 is 18.7. The molecule has 0 bridgehead atoms. The van der Waals surface area contributed by atoms with Gasteiger partial charge in [-0.3, -0.25) is 9.79 Å². The molecule has 23 heavy (non-hydrogen) atoms. The Morgan fingerprint density at radius 2 is 1.91 bits per heavy atom. The van der Waals surface area contributed by atoms with Gasteiger partial charge < -0.3 is 20.4 Å². The van der Waals surface area contributed by atoms with Crippen LogP contribution in [-0.4, -0.2) is 32.0 Å². The van der Waals surface area contributed by atoms with Crippen LogP contribution >= 0.6 is 0 Å². The van der Waals surface area contributed by atoms with Crippen LogP contribution in [0.3, 0.4) is 0 Å². The van der Waals surface area contributed by atoms with Crippen LogP contribution in [0, 0.1) is 5.82 Å². The van der Waals surface area contributed by atoms with E-state index < -0.39 is 11.7 Å². The van der Waals surface area contributed by atoms with Crippen LogP contribution in [0.25, 0.3) is 0 Å². The fourth-order valence-corrected chi connectivity index (χ4v) is 1.90. The monoisotopic (exact) mass is 318 g/mol. The van der Waals surface area contributed by atoms with Crippen LogP contribution in [0.15, 0.2) is 52.1 Å². The summed E-state index contributed by atoms with van der Waals surface area (Å²) in [7, 11) is 1.65. The number of hydrogen-bond acceptors (Lipinski definition) is 3. The van der Waals surface area contributed by atoms with E-state index in [9.17, 15) is 9.18 Å². The summed E-state index contributed by atoms with van der Waals surface area (Å²) >= 11 is 0. The van der Waals surface area contributed by atoms with E-state index in [0.29, 0.717) is 25.6 Å². The number of rotatable bonds is 6. The SMILES string of the molecule is CN=C(NCCNC(=O)c1ccccc1F)NCc1ccco1. The van der Waals surface area contributed by atoms with Gasteiger partial charge in [0.2, 0.25) is 0 Å². The van der Waals surface area contributed by atoms with Gasteiger partial charge in [0.1, 0.15) is 11.6 Å². The van der Waals surface area contributed by atoms with Gasteiger partial charge in [-0.05, 0) is 24.3 Å². The Hall–Kier alpha value is -2.83. The number of aliphatic imine (C=N–C) groups is 1. The third-order valence-corrected chi connectivity index (χ3v) is 3.06. The molecule has 0 radical (unpaired) electrons. The molecule has 0 aliphatic carbocycles. The number of amides is 1. The number of carbonyl (C=O) groups is 1. The number of halogens is 1. The van der Waals surface area contributed by atoms with Crippen LogP contribution in [0.1, 0.15) is 16.1 Å². The second kappa shape index (κ2) is 8.57. The maximum atomic E-state index is 13.5. The molecule has 0 spiro atoms. The highest BCUT2D eigenvalue weighted by molar-refractivity contribution is 5.94. The molecule has 1 aromatic carbocycles. The molecule has 1 heterocycles. The predicted molar refractivity (Wildman–Crippen MR) is 85.6 cm³/mol. The highest BCUT2D eigenvalue weighted by atomic mass is 19.1. The largest absolute Gasteiger partial charge is 0.467 e. The zero-order valence-corrected chi connectivity index (χ0v) is 12.8. The van der Waals surface area contributed by atoms with Gasteiger partial charge in [-0.25, -0.2) is 4.39 Å². The predicted octanol–water partition coefficient (Wildman–Crippen LogP) is 1.51. The Bertz CT molecular complexity index is 656. The van der Waals surface area contributed by atoms with E-state index in [1.807, 2.05) is 12.1 Å². The first-order valence-corrected chi connectivity index (χ1v) is 7.20. The lowest BCUT2D eigenvalue weighted by Gasteiger charge is -2.11. The van der Waals surface area contributed by atoms with Gasteiger partial charge >= 0.3 is 0 Å². The van der Waals surface area contributed by atoms with Gasteiger partial charge in [-0.15, -0.1) is 0 Å². The molecule has 0 unspecified atom stereocenters. The van der Waals surface area contributed by atoms with Gasteiger partial charge in [0, 0.05) is 20.1 Å². The summed E-state index contributed by atoms with van der Waals surface area (Å²) in [6, 6.07) is 9.54. The Kier molecular flexibility index (Phi) is 6.17. The van der Waals surface area contributed by atoms with Crippen molar-refractivity contribution in [3.63, 3.8) is 0 Å². The van der Waals surface area contributed by atoms with Crippen molar-refractivity contribution in [2.24, 2.45) is 4.99 Å². The molecule has 2 aromatic rings. The van der Waals surface area contributed by atoms with E-state index in [0.717, 1.165) is 5.76 Å². The normalized spacial score (nSPS) is 11.1. The summed E-state index contributed by atoms with van der Waals surface area (Å²) in [4.78, 5) is 15.9. The topological polar surface area (TPSA) is 78.7 Å². The number of carbonyl (C=O) groups excluding carboxylic acids is 1. The average Bonchev–Trinajstić information content (AvgIpc) is 3.08. The molecule has 2 rings (SSSR count). The summed E-state index contributed by atoms with van der Waals surface area (Å²) in [6.07, 6.45) is 1.60. The molecule has 0 fully saturated rings. The first kappa shape index (κ1) is 16.5. The molecule has 0 saturated heterocycles. The van der Waals surface area contributed by atoms with Crippen molar-refractivity contribution in [2.75, 3.05) is 20.1 Å². The third kappa shape index (κ3) is 5.14. The fraction of sp³-hybridized carbons (Fsp3) is 0.250. The van der Waals surface area contributed by atoms with Gasteiger partial charge in [-0.2, -0.15) is 0 Å². The van der Waals surface area contributed by atoms with E-state index in [-0.39, 0.29) is 5.56 Å². The van der Waals surface area contributed by atoms with Crippen molar-refractivity contribution in [1.82, 2.24) is 16.0 Å². The van der Waals surface area contributed by atoms with Gasteiger partial charge in [0.25, 0.3) is 5.91 Å². The smallest absolute Gasteiger partial charge is 0.254 e. The molecule has 3 N–H and O–H groups in total. The Morgan fingerprint density at radius 3 is 2.61 bits per heavy atom. The molecule has 1 aromatic heterocycles. The van der Waals surface area contributed by atoms with Crippen molar-refractivity contribution in [3.8, 4) is 0 Å². The highest BCUT2D eigenvalue weighted by Gasteiger charge is 2.09. The van der Waals surface area contributed by atoms with Crippen LogP contribution < -0.4 is 16.0 Å². The van der Waals surface area contributed by atoms with Gasteiger partial charge in [0.15, 0.2) is 5.96 Å². The van der Waals surface area contributed by atoms with Crippen molar-refractivity contribution < 1.29 is 13.6 Å². The number of hydrogen-bond donors (Lipinski definition) is 3. The minimum Gasteiger partial charge on any atom is -0.467 e. The maximum Gasteiger partial charge on any atom is 0.254 e. The molecule has 0 aliphatic rings. The highest BCUT2D eigenvalue weighted by Crippen LogP contribution is 2.05. The van der Waals surface area contributed by atoms with Crippen LogP contribution in [0.2, 0.25) is 0 Å². The zero-order chi connectivity index (χ0) is 16.5. The minimum absolute atomic E-state index is 0.0350. The standard InChI is InChI=1S/C16H19FN4O2/c1-18-16(21-11-12-5-4-10-23-12)20-9-8-19-15(22)13-6-2-3-7-14(13)17/h2-7,10H,8-9,11H2,1H3,(H,19,22)(H2,18,20,21). The van der Waals surface area contributed by atoms with Crippen molar-refractivity contribution >= 4 is 11.9 Å². The molecule has 1 amide bonds. The summed E-state index contributed by atoms with van der Waals surface area (Å²) in [5, 5.41) is 8.76. The van der Waals surface area contributed by atoms with E-state index >= 15 is 0 Å². The van der Waals surface area contributed by atoms with Crippen LogP contribution in [0.5, 0.6) is 0 Å². The molecule has 7 heteroatoms. The molecule has 122 valence electrons. The maximum absolute atomic E-state index is 13.5. The third-order valence-electron chi connectivity index (χ3n) is 3.06. The lowest BCUT2D eigenvalue weighted by atomic mass is 10.2. The molecule has 0 atom stereocenters. The van der Waals surface area contributed by atoms with Gasteiger partial charge in [-0.1, -0.05) is 12.1 Å². The molecular weight excluding hydrogens is 299 g/mol. The van der Waals surface area contributed by atoms with E-state index in [4.69, 9.17) is 4.42 Å². The lowest BCUT2D eigenvalue weighted by Crippen LogP contribution is -2.41. The quantitative estimate of drug-likeness (QED) is 0.429. The van der Waals surface area contributed by atoms with E-state index in [1.54, 1.807) is 25.4 Å². The number of nitrogens with zero attached hydrogens (tertiary/aromatic N) is 1. The Balaban J connectivity index is 1.69. The summed E-state index contributed by atoms with van der Waals surface area (Å²) in [5.74, 6) is 0.402. The molecule has 0 saturated carbocycles. The number of benzene rings is 1. The second-order valence-electron chi connectivity index (χ2n) is 4.67. The van der Waals surface area contributed by atoms with E-state index in [2.05, 4.69) is 20.9 Å². The zero-order valence-electron chi connectivity index (χ0n) is 12.8. The van der Waals surface area contributed by atoms with Crippen molar-refractivity contribution in [3.05, 3.63) is 59.8 Å². The lowest BCUT2D eigenvalue weighted by molar-refractivity contribution is 0.0950. The Morgan fingerprint density at radius 1 is 1.13 bits per heavy atom. The van der Waals surface area contributed by atoms with Crippen LogP contribution in [-0.2, 0) is 6.54 Å². The first-order valence-electron chi connectivity index (χ1n) is 7.20. The van der Waals surface area contributed by atoms with Crippen molar-refractivity contribution in [1.29, 1.82) is 0 Å². The van der Waals surface area contributed by atoms with Crippen molar-refractivity contribution in [2.45, 2.75) is 6.54 Å². The summed E-state index contributed by atoms with van der Waals surface area (Å²) in [6.45, 7) is 1.31. The summed E-state index contributed by atoms with van der Waals surface area (Å²) in [5.41, 5.74) is 0.0350. The minimum atomic E-state index is -0.533. The second-order valence-corrected chi connectivity index (χ2v) is 4.67. The van der Waals surface area contributed by atoms with E-state index in [1.165, 1.54) is 12.1 Å². The number of guanidine groups is 1. The first-order chi connectivity index (χ1) is 11.2. The number of furan rings is 1. The fourth-order valence-electron chi connectivity index (χ4n) is 1.90. The van der Waals surface area contributed by atoms with Crippen LogP contribution in [0.4, 0.5) is 4.39 Å². The molecular formula is C16H19FN4O2. The molecule has 6 nitrogen and oxygen atoms in total. The van der Waals surface area contributed by atoms with Gasteiger partial charge in [0.05, 0.1) is 18.4 Å². The number of nitrogens with one attached hydrogen (secondary N) is 3.